The first-order chi connectivity index (χ1) is 9.69. The van der Waals surface area contributed by atoms with Crippen molar-refractivity contribution in [3.63, 3.8) is 0 Å². The predicted molar refractivity (Wildman–Crippen MR) is 79.8 cm³/mol. The molecule has 0 aliphatic carbocycles. The highest BCUT2D eigenvalue weighted by Crippen LogP contribution is 2.20. The molecule has 0 aromatic heterocycles. The zero-order chi connectivity index (χ0) is 14.4. The van der Waals surface area contributed by atoms with Crippen LogP contribution in [-0.4, -0.2) is 12.4 Å². The molecular formula is C15H12BrNO3. The molecule has 5 heteroatoms. The normalized spacial score (nSPS) is 9.85. The Morgan fingerprint density at radius 1 is 1.20 bits per heavy atom. The molecule has 0 bridgehead atoms. The maximum absolute atomic E-state index is 11.6. The summed E-state index contributed by atoms with van der Waals surface area (Å²) in [4.78, 5) is 22.3. The Bertz CT molecular complexity index is 614. The summed E-state index contributed by atoms with van der Waals surface area (Å²) in [6.45, 7) is 0.209. The maximum atomic E-state index is 11.6. The molecule has 102 valence electrons. The first-order valence-corrected chi connectivity index (χ1v) is 6.71. The summed E-state index contributed by atoms with van der Waals surface area (Å²) in [6, 6.07) is 14.3. The van der Waals surface area contributed by atoms with Crippen LogP contribution in [0.25, 0.3) is 0 Å². The fourth-order valence-electron chi connectivity index (χ4n) is 1.58. The standard InChI is InChI=1S/C15H12BrNO3/c16-14-8-13(7-6-12(14)9-18)17-15(19)20-10-11-4-2-1-3-5-11/h1-9H,10H2,(H,17,19). The molecule has 1 N–H and O–H groups in total. The van der Waals surface area contributed by atoms with Gasteiger partial charge in [-0.3, -0.25) is 10.1 Å². The number of aldehydes is 1. The second-order valence-corrected chi connectivity index (χ2v) is 4.90. The van der Waals surface area contributed by atoms with Crippen molar-refractivity contribution >= 4 is 34.0 Å². The summed E-state index contributed by atoms with van der Waals surface area (Å²) in [5.41, 5.74) is 1.99. The van der Waals surface area contributed by atoms with Crippen molar-refractivity contribution < 1.29 is 14.3 Å². The first kappa shape index (κ1) is 14.3. The molecule has 0 aliphatic rings. The third kappa shape index (κ3) is 3.93. The van der Waals surface area contributed by atoms with Gasteiger partial charge in [0, 0.05) is 15.7 Å². The monoisotopic (exact) mass is 333 g/mol. The van der Waals surface area contributed by atoms with Crippen LogP contribution in [0.4, 0.5) is 10.5 Å². The average molecular weight is 334 g/mol. The number of amides is 1. The van der Waals surface area contributed by atoms with Crippen molar-refractivity contribution in [2.75, 3.05) is 5.32 Å². The van der Waals surface area contributed by atoms with Gasteiger partial charge in [0.2, 0.25) is 0 Å². The number of hydrogen-bond donors (Lipinski definition) is 1. The molecular weight excluding hydrogens is 322 g/mol. The Balaban J connectivity index is 1.91. The van der Waals surface area contributed by atoms with E-state index in [-0.39, 0.29) is 6.61 Å². The molecule has 20 heavy (non-hydrogen) atoms. The minimum Gasteiger partial charge on any atom is -0.444 e. The molecule has 4 nitrogen and oxygen atoms in total. The van der Waals surface area contributed by atoms with E-state index in [4.69, 9.17) is 4.74 Å². The van der Waals surface area contributed by atoms with Crippen molar-refractivity contribution in [2.45, 2.75) is 6.61 Å². The molecule has 0 heterocycles. The van der Waals surface area contributed by atoms with Gasteiger partial charge in [-0.05, 0) is 39.7 Å². The van der Waals surface area contributed by atoms with Crippen LogP contribution in [-0.2, 0) is 11.3 Å². The lowest BCUT2D eigenvalue weighted by molar-refractivity contribution is 0.112. The second-order valence-electron chi connectivity index (χ2n) is 4.04. The largest absolute Gasteiger partial charge is 0.444 e. The lowest BCUT2D eigenvalue weighted by Gasteiger charge is -2.08. The highest BCUT2D eigenvalue weighted by molar-refractivity contribution is 9.10. The Morgan fingerprint density at radius 2 is 1.95 bits per heavy atom. The van der Waals surface area contributed by atoms with Gasteiger partial charge in [-0.15, -0.1) is 0 Å². The number of benzene rings is 2. The van der Waals surface area contributed by atoms with Crippen LogP contribution >= 0.6 is 15.9 Å². The number of anilines is 1. The summed E-state index contributed by atoms with van der Waals surface area (Å²) >= 11 is 3.25. The van der Waals surface area contributed by atoms with Crippen LogP contribution in [0.5, 0.6) is 0 Å². The van der Waals surface area contributed by atoms with E-state index < -0.39 is 6.09 Å². The molecule has 2 rings (SSSR count). The summed E-state index contributed by atoms with van der Waals surface area (Å²) in [7, 11) is 0. The lowest BCUT2D eigenvalue weighted by Crippen LogP contribution is -2.13. The Morgan fingerprint density at radius 3 is 2.60 bits per heavy atom. The zero-order valence-corrected chi connectivity index (χ0v) is 12.1. The quantitative estimate of drug-likeness (QED) is 0.860. The van der Waals surface area contributed by atoms with Gasteiger partial charge >= 0.3 is 6.09 Å². The highest BCUT2D eigenvalue weighted by atomic mass is 79.9. The van der Waals surface area contributed by atoms with Gasteiger partial charge in [0.15, 0.2) is 6.29 Å². The average Bonchev–Trinajstić information content (AvgIpc) is 2.46. The van der Waals surface area contributed by atoms with Gasteiger partial charge in [-0.1, -0.05) is 30.3 Å². The molecule has 2 aromatic carbocycles. The lowest BCUT2D eigenvalue weighted by atomic mass is 10.2. The fourth-order valence-corrected chi connectivity index (χ4v) is 2.05. The minimum atomic E-state index is -0.542. The second kappa shape index (κ2) is 6.86. The van der Waals surface area contributed by atoms with Crippen LogP contribution in [0.3, 0.4) is 0 Å². The van der Waals surface area contributed by atoms with Crippen LogP contribution < -0.4 is 5.32 Å². The molecule has 0 radical (unpaired) electrons. The van der Waals surface area contributed by atoms with Gasteiger partial charge < -0.3 is 4.74 Å². The van der Waals surface area contributed by atoms with Gasteiger partial charge in [0.05, 0.1) is 0 Å². The van der Waals surface area contributed by atoms with Crippen molar-refractivity contribution in [1.82, 2.24) is 0 Å². The summed E-state index contributed by atoms with van der Waals surface area (Å²) in [5.74, 6) is 0. The topological polar surface area (TPSA) is 55.4 Å². The Labute approximate surface area is 124 Å². The predicted octanol–water partition coefficient (Wildman–Crippen LogP) is 4.01. The third-order valence-electron chi connectivity index (χ3n) is 2.59. The van der Waals surface area contributed by atoms with E-state index in [1.54, 1.807) is 18.2 Å². The number of nitrogens with one attached hydrogen (secondary N) is 1. The van der Waals surface area contributed by atoms with E-state index >= 15 is 0 Å². The SMILES string of the molecule is O=Cc1ccc(NC(=O)OCc2ccccc2)cc1Br. The van der Waals surface area contributed by atoms with Gasteiger partial charge in [0.1, 0.15) is 6.61 Å². The third-order valence-corrected chi connectivity index (χ3v) is 3.27. The minimum absolute atomic E-state index is 0.209. The molecule has 0 aliphatic heterocycles. The van der Waals surface area contributed by atoms with E-state index in [9.17, 15) is 9.59 Å². The summed E-state index contributed by atoms with van der Waals surface area (Å²) in [6.07, 6.45) is 0.196. The van der Waals surface area contributed by atoms with E-state index in [1.807, 2.05) is 30.3 Å². The van der Waals surface area contributed by atoms with Crippen LogP contribution in [0.1, 0.15) is 15.9 Å². The van der Waals surface area contributed by atoms with Crippen molar-refractivity contribution in [2.24, 2.45) is 0 Å². The number of hydrogen-bond acceptors (Lipinski definition) is 3. The molecule has 0 unspecified atom stereocenters. The fraction of sp³-hybridized carbons (Fsp3) is 0.0667. The van der Waals surface area contributed by atoms with Crippen LogP contribution in [0.15, 0.2) is 53.0 Å². The molecule has 0 spiro atoms. The number of rotatable bonds is 4. The number of carbonyl (C=O) groups is 2. The van der Waals surface area contributed by atoms with Gasteiger partial charge in [0.25, 0.3) is 0 Å². The van der Waals surface area contributed by atoms with E-state index in [1.165, 1.54) is 0 Å². The van der Waals surface area contributed by atoms with Gasteiger partial charge in [-0.25, -0.2) is 4.79 Å². The molecule has 0 fully saturated rings. The molecule has 1 amide bonds. The van der Waals surface area contributed by atoms with E-state index in [0.717, 1.165) is 11.8 Å². The zero-order valence-electron chi connectivity index (χ0n) is 10.5. The molecule has 0 saturated carbocycles. The number of carbonyl (C=O) groups excluding carboxylic acids is 2. The smallest absolute Gasteiger partial charge is 0.411 e. The summed E-state index contributed by atoms with van der Waals surface area (Å²) < 4.78 is 5.71. The first-order valence-electron chi connectivity index (χ1n) is 5.91. The molecule has 2 aromatic rings. The highest BCUT2D eigenvalue weighted by Gasteiger charge is 2.06. The maximum Gasteiger partial charge on any atom is 0.411 e. The molecule has 0 saturated heterocycles. The van der Waals surface area contributed by atoms with E-state index in [0.29, 0.717) is 15.7 Å². The van der Waals surface area contributed by atoms with Gasteiger partial charge in [-0.2, -0.15) is 0 Å². The van der Waals surface area contributed by atoms with E-state index in [2.05, 4.69) is 21.2 Å². The Kier molecular flexibility index (Phi) is 4.90. The number of ether oxygens (including phenoxy) is 1. The number of halogens is 1. The van der Waals surface area contributed by atoms with Crippen molar-refractivity contribution in [3.05, 3.63) is 64.1 Å². The van der Waals surface area contributed by atoms with Crippen molar-refractivity contribution in [3.8, 4) is 0 Å². The summed E-state index contributed by atoms with van der Waals surface area (Å²) in [5, 5.41) is 2.60. The molecule has 0 atom stereocenters. The van der Waals surface area contributed by atoms with Crippen LogP contribution in [0, 0.1) is 0 Å². The van der Waals surface area contributed by atoms with Crippen LogP contribution in [0.2, 0.25) is 0 Å². The Hall–Kier alpha value is -2.14. The van der Waals surface area contributed by atoms with Crippen molar-refractivity contribution in [1.29, 1.82) is 0 Å².